The number of rotatable bonds is 3. The van der Waals surface area contributed by atoms with Gasteiger partial charge in [0.05, 0.1) is 24.3 Å². The Bertz CT molecular complexity index is 431. The number of oxazole rings is 1. The zero-order valence-electron chi connectivity index (χ0n) is 8.73. The van der Waals surface area contributed by atoms with Crippen LogP contribution in [-0.4, -0.2) is 10.1 Å². The summed E-state index contributed by atoms with van der Waals surface area (Å²) in [4.78, 5) is 4.14. The number of hydrogen-bond acceptors (Lipinski definition) is 4. The molecule has 0 aromatic carbocycles. The van der Waals surface area contributed by atoms with Gasteiger partial charge in [-0.1, -0.05) is 0 Å². The van der Waals surface area contributed by atoms with Gasteiger partial charge in [-0.05, 0) is 13.0 Å². The molecule has 0 fully saturated rings. The third kappa shape index (κ3) is 2.10. The summed E-state index contributed by atoms with van der Waals surface area (Å²) >= 11 is 0. The maximum Gasteiger partial charge on any atom is 0.191 e. The Morgan fingerprint density at radius 2 is 2.27 bits per heavy atom. The van der Waals surface area contributed by atoms with Crippen molar-refractivity contribution in [1.82, 2.24) is 4.98 Å². The maximum atomic E-state index is 9.85. The molecule has 15 heavy (non-hydrogen) atoms. The van der Waals surface area contributed by atoms with Gasteiger partial charge in [-0.15, -0.1) is 0 Å². The number of hydrogen-bond donors (Lipinski definition) is 1. The zero-order chi connectivity index (χ0) is 10.8. The Labute approximate surface area is 87.6 Å². The molecule has 80 valence electrons. The minimum Gasteiger partial charge on any atom is -0.472 e. The molecule has 0 aliphatic heterocycles. The van der Waals surface area contributed by atoms with E-state index in [2.05, 4.69) is 4.98 Å². The smallest absolute Gasteiger partial charge is 0.191 e. The number of furan rings is 1. The molecule has 0 saturated heterocycles. The van der Waals surface area contributed by atoms with E-state index >= 15 is 0 Å². The molecule has 0 bridgehead atoms. The van der Waals surface area contributed by atoms with Crippen molar-refractivity contribution in [2.45, 2.75) is 26.4 Å². The van der Waals surface area contributed by atoms with Crippen molar-refractivity contribution in [1.29, 1.82) is 0 Å². The fourth-order valence-corrected chi connectivity index (χ4v) is 1.52. The second-order valence-electron chi connectivity index (χ2n) is 3.52. The van der Waals surface area contributed by atoms with Crippen LogP contribution in [0.4, 0.5) is 0 Å². The first-order valence-electron chi connectivity index (χ1n) is 4.80. The zero-order valence-corrected chi connectivity index (χ0v) is 8.73. The van der Waals surface area contributed by atoms with Gasteiger partial charge >= 0.3 is 0 Å². The maximum absolute atomic E-state index is 9.85. The van der Waals surface area contributed by atoms with Gasteiger partial charge in [-0.2, -0.15) is 0 Å². The quantitative estimate of drug-likeness (QED) is 0.837. The van der Waals surface area contributed by atoms with Crippen LogP contribution in [0.25, 0.3) is 0 Å². The summed E-state index contributed by atoms with van der Waals surface area (Å²) in [5.41, 5.74) is 1.58. The van der Waals surface area contributed by atoms with Crippen molar-refractivity contribution < 1.29 is 13.9 Å². The van der Waals surface area contributed by atoms with Gasteiger partial charge < -0.3 is 13.9 Å². The van der Waals surface area contributed by atoms with Crippen LogP contribution in [0.15, 0.2) is 27.4 Å². The molecule has 2 heterocycles. The minimum atomic E-state index is -0.602. The van der Waals surface area contributed by atoms with E-state index in [1.54, 1.807) is 13.0 Å². The molecule has 2 aromatic heterocycles. The van der Waals surface area contributed by atoms with Crippen molar-refractivity contribution in [3.8, 4) is 0 Å². The second-order valence-corrected chi connectivity index (χ2v) is 3.52. The molecule has 1 N–H and O–H groups in total. The molecule has 1 atom stereocenters. The predicted molar refractivity (Wildman–Crippen MR) is 53.3 cm³/mol. The molecule has 0 saturated carbocycles. The first-order chi connectivity index (χ1) is 7.16. The Morgan fingerprint density at radius 1 is 1.47 bits per heavy atom. The molecule has 0 aliphatic rings. The number of nitrogens with zero attached hydrogens (tertiary/aromatic N) is 1. The summed E-state index contributed by atoms with van der Waals surface area (Å²) in [5.74, 6) is 1.35. The molecule has 4 heteroatoms. The van der Waals surface area contributed by atoms with Crippen LogP contribution in [0.5, 0.6) is 0 Å². The molecule has 0 radical (unpaired) electrons. The van der Waals surface area contributed by atoms with Crippen molar-refractivity contribution in [2.24, 2.45) is 0 Å². The van der Waals surface area contributed by atoms with Crippen LogP contribution in [0, 0.1) is 13.8 Å². The average molecular weight is 207 g/mol. The fraction of sp³-hybridized carbons (Fsp3) is 0.364. The topological polar surface area (TPSA) is 59.4 Å². The highest BCUT2D eigenvalue weighted by Crippen LogP contribution is 2.21. The molecule has 0 spiro atoms. The predicted octanol–water partition coefficient (Wildman–Crippen LogP) is 2.16. The Morgan fingerprint density at radius 3 is 2.80 bits per heavy atom. The van der Waals surface area contributed by atoms with Crippen LogP contribution in [0.3, 0.4) is 0 Å². The third-order valence-electron chi connectivity index (χ3n) is 2.31. The molecule has 0 amide bonds. The lowest BCUT2D eigenvalue weighted by molar-refractivity contribution is 0.169. The van der Waals surface area contributed by atoms with E-state index in [9.17, 15) is 5.11 Å². The van der Waals surface area contributed by atoms with Gasteiger partial charge in [0.1, 0.15) is 5.76 Å². The fourth-order valence-electron chi connectivity index (χ4n) is 1.52. The van der Waals surface area contributed by atoms with Crippen molar-refractivity contribution >= 4 is 0 Å². The highest BCUT2D eigenvalue weighted by atomic mass is 16.4. The third-order valence-corrected chi connectivity index (χ3v) is 2.31. The van der Waals surface area contributed by atoms with E-state index in [1.165, 1.54) is 12.5 Å². The second kappa shape index (κ2) is 3.90. The number of aliphatic hydroxyl groups excluding tert-OH is 1. The van der Waals surface area contributed by atoms with Crippen LogP contribution >= 0.6 is 0 Å². The van der Waals surface area contributed by atoms with Crippen molar-refractivity contribution in [2.75, 3.05) is 0 Å². The number of aliphatic hydroxyl groups is 1. The van der Waals surface area contributed by atoms with Crippen LogP contribution < -0.4 is 0 Å². The summed E-state index contributed by atoms with van der Waals surface area (Å²) in [6.07, 6.45) is 2.89. The van der Waals surface area contributed by atoms with Gasteiger partial charge in [-0.25, -0.2) is 4.98 Å². The van der Waals surface area contributed by atoms with Crippen LogP contribution in [-0.2, 0) is 6.42 Å². The lowest BCUT2D eigenvalue weighted by atomic mass is 10.1. The largest absolute Gasteiger partial charge is 0.472 e. The standard InChI is InChI=1S/C11H13NO3/c1-7-11(15-8(2)12-7)5-10(13)9-3-4-14-6-9/h3-4,6,10,13H,5H2,1-2H3. The van der Waals surface area contributed by atoms with Crippen LogP contribution in [0.2, 0.25) is 0 Å². The molecular formula is C11H13NO3. The first kappa shape index (κ1) is 9.98. The lowest BCUT2D eigenvalue weighted by Gasteiger charge is -2.05. The monoisotopic (exact) mass is 207 g/mol. The highest BCUT2D eigenvalue weighted by molar-refractivity contribution is 5.15. The summed E-state index contributed by atoms with van der Waals surface area (Å²) in [6.45, 7) is 3.66. The first-order valence-corrected chi connectivity index (χ1v) is 4.80. The lowest BCUT2D eigenvalue weighted by Crippen LogP contribution is -2.00. The Hall–Kier alpha value is -1.55. The normalized spacial score (nSPS) is 13.0. The van der Waals surface area contributed by atoms with Crippen molar-refractivity contribution in [3.05, 3.63) is 41.5 Å². The molecule has 2 aromatic rings. The van der Waals surface area contributed by atoms with E-state index in [1.807, 2.05) is 6.92 Å². The van der Waals surface area contributed by atoms with E-state index in [4.69, 9.17) is 8.83 Å². The molecule has 4 nitrogen and oxygen atoms in total. The van der Waals surface area contributed by atoms with Gasteiger partial charge in [0.25, 0.3) is 0 Å². The van der Waals surface area contributed by atoms with E-state index in [-0.39, 0.29) is 0 Å². The van der Waals surface area contributed by atoms with E-state index in [0.29, 0.717) is 12.3 Å². The SMILES string of the molecule is Cc1nc(C)c(CC(O)c2ccoc2)o1. The van der Waals surface area contributed by atoms with Crippen LogP contribution in [0.1, 0.15) is 29.0 Å². The van der Waals surface area contributed by atoms with Crippen molar-refractivity contribution in [3.63, 3.8) is 0 Å². The summed E-state index contributed by atoms with van der Waals surface area (Å²) in [6, 6.07) is 1.74. The molecule has 2 rings (SSSR count). The Balaban J connectivity index is 2.12. The Kier molecular flexibility index (Phi) is 2.60. The summed E-state index contributed by atoms with van der Waals surface area (Å²) in [5, 5.41) is 9.85. The van der Waals surface area contributed by atoms with Gasteiger partial charge in [0.15, 0.2) is 5.89 Å². The number of aromatic nitrogens is 1. The highest BCUT2D eigenvalue weighted by Gasteiger charge is 2.15. The summed E-state index contributed by atoms with van der Waals surface area (Å²) in [7, 11) is 0. The number of aryl methyl sites for hydroxylation is 2. The molecule has 1 unspecified atom stereocenters. The van der Waals surface area contributed by atoms with Gasteiger partial charge in [0.2, 0.25) is 0 Å². The summed E-state index contributed by atoms with van der Waals surface area (Å²) < 4.78 is 10.3. The van der Waals surface area contributed by atoms with Gasteiger partial charge in [0, 0.05) is 18.9 Å². The molecule has 0 aliphatic carbocycles. The van der Waals surface area contributed by atoms with E-state index < -0.39 is 6.10 Å². The minimum absolute atomic E-state index is 0.423. The average Bonchev–Trinajstić information content (AvgIpc) is 2.76. The van der Waals surface area contributed by atoms with E-state index in [0.717, 1.165) is 17.0 Å². The van der Waals surface area contributed by atoms with Gasteiger partial charge in [-0.3, -0.25) is 0 Å². The molecular weight excluding hydrogens is 194 g/mol.